The maximum atomic E-state index is 12.1. The van der Waals surface area contributed by atoms with Gasteiger partial charge in [-0.15, -0.1) is 0 Å². The van der Waals surface area contributed by atoms with Crippen molar-refractivity contribution in [3.63, 3.8) is 0 Å². The molecule has 1 heterocycles. The van der Waals surface area contributed by atoms with Crippen molar-refractivity contribution >= 4 is 17.5 Å². The Morgan fingerprint density at radius 2 is 1.76 bits per heavy atom. The minimum absolute atomic E-state index is 0.125. The predicted octanol–water partition coefficient (Wildman–Crippen LogP) is 0.872. The molecule has 2 aliphatic rings. The lowest BCUT2D eigenvalue weighted by atomic mass is 9.64. The van der Waals surface area contributed by atoms with Gasteiger partial charge in [0, 0.05) is 37.8 Å². The molecule has 21 heavy (non-hydrogen) atoms. The number of carbonyl (C=O) groups is 2. The third-order valence-electron chi connectivity index (χ3n) is 4.93. The van der Waals surface area contributed by atoms with E-state index in [1.54, 1.807) is 11.9 Å². The molecule has 2 amide bonds. The van der Waals surface area contributed by atoms with Gasteiger partial charge in [0.15, 0.2) is 0 Å². The van der Waals surface area contributed by atoms with Gasteiger partial charge in [-0.2, -0.15) is 0 Å². The van der Waals surface area contributed by atoms with Crippen LogP contribution in [0.3, 0.4) is 0 Å². The van der Waals surface area contributed by atoms with Crippen LogP contribution in [0.15, 0.2) is 24.3 Å². The first-order valence-corrected chi connectivity index (χ1v) is 7.45. The van der Waals surface area contributed by atoms with Gasteiger partial charge in [0.1, 0.15) is 0 Å². The number of hydrogen-bond donors (Lipinski definition) is 1. The molecule has 1 aliphatic heterocycles. The van der Waals surface area contributed by atoms with E-state index in [1.807, 2.05) is 12.1 Å². The van der Waals surface area contributed by atoms with Crippen molar-refractivity contribution in [1.29, 1.82) is 0 Å². The maximum Gasteiger partial charge on any atom is 0.316 e. The number of rotatable bonds is 3. The summed E-state index contributed by atoms with van der Waals surface area (Å²) in [5.74, 6) is -0.892. The number of hydrogen-bond acceptors (Lipinski definition) is 3. The fraction of sp³-hybridized carbons (Fsp3) is 0.500. The first kappa shape index (κ1) is 14.1. The van der Waals surface area contributed by atoms with Crippen LogP contribution >= 0.6 is 0 Å². The van der Waals surface area contributed by atoms with Gasteiger partial charge in [-0.05, 0) is 30.5 Å². The summed E-state index contributed by atoms with van der Waals surface area (Å²) in [6, 6.07) is 7.97. The maximum absolute atomic E-state index is 12.1. The Morgan fingerprint density at radius 3 is 2.29 bits per heavy atom. The van der Waals surface area contributed by atoms with E-state index in [1.165, 1.54) is 16.9 Å². The van der Waals surface area contributed by atoms with Crippen molar-refractivity contribution in [2.24, 2.45) is 5.73 Å². The highest BCUT2D eigenvalue weighted by Gasteiger charge is 2.37. The van der Waals surface area contributed by atoms with E-state index in [9.17, 15) is 9.59 Å². The number of carbonyl (C=O) groups excluding carboxylic acids is 2. The second-order valence-electron chi connectivity index (χ2n) is 6.07. The highest BCUT2D eigenvalue weighted by Crippen LogP contribution is 2.43. The van der Waals surface area contributed by atoms with Gasteiger partial charge in [-0.25, -0.2) is 0 Å². The Kier molecular flexibility index (Phi) is 3.45. The van der Waals surface area contributed by atoms with Gasteiger partial charge >= 0.3 is 11.8 Å². The summed E-state index contributed by atoms with van der Waals surface area (Å²) in [5.41, 5.74) is 8.08. The van der Waals surface area contributed by atoms with Crippen molar-refractivity contribution in [3.8, 4) is 0 Å². The van der Waals surface area contributed by atoms with E-state index < -0.39 is 11.8 Å². The standard InChI is InChI=1S/C16H21N3O2/c1-18-9-10-19(15(21)14(18)20)13-5-3-12(4-6-13)16(11-17)7-2-8-16/h3-6H,2,7-11,17H2,1H3. The van der Waals surface area contributed by atoms with Crippen molar-refractivity contribution in [2.75, 3.05) is 31.6 Å². The van der Waals surface area contributed by atoms with Crippen LogP contribution in [0.5, 0.6) is 0 Å². The largest absolute Gasteiger partial charge is 0.336 e. The topological polar surface area (TPSA) is 66.6 Å². The SMILES string of the molecule is CN1CCN(c2ccc(C3(CN)CCC3)cc2)C(=O)C1=O. The second kappa shape index (κ2) is 5.15. The monoisotopic (exact) mass is 287 g/mol. The smallest absolute Gasteiger partial charge is 0.316 e. The fourth-order valence-electron chi connectivity index (χ4n) is 3.19. The lowest BCUT2D eigenvalue weighted by molar-refractivity contribution is -0.145. The fourth-order valence-corrected chi connectivity index (χ4v) is 3.19. The molecule has 2 fully saturated rings. The summed E-state index contributed by atoms with van der Waals surface area (Å²) in [6.45, 7) is 1.78. The molecule has 1 saturated heterocycles. The van der Waals surface area contributed by atoms with Crippen molar-refractivity contribution < 1.29 is 9.59 Å². The Morgan fingerprint density at radius 1 is 1.10 bits per heavy atom. The third-order valence-corrected chi connectivity index (χ3v) is 4.93. The van der Waals surface area contributed by atoms with E-state index in [0.29, 0.717) is 19.6 Å². The molecule has 1 aromatic rings. The Balaban J connectivity index is 1.81. The molecule has 0 unspecified atom stereocenters. The first-order valence-electron chi connectivity index (χ1n) is 7.45. The zero-order valence-corrected chi connectivity index (χ0v) is 12.3. The van der Waals surface area contributed by atoms with E-state index in [0.717, 1.165) is 18.5 Å². The molecule has 0 aromatic heterocycles. The average Bonchev–Trinajstić information content (AvgIpc) is 2.46. The highest BCUT2D eigenvalue weighted by atomic mass is 16.2. The molecule has 0 radical (unpaired) electrons. The Labute approximate surface area is 124 Å². The number of benzene rings is 1. The average molecular weight is 287 g/mol. The molecule has 0 atom stereocenters. The van der Waals surface area contributed by atoms with Gasteiger partial charge in [0.05, 0.1) is 0 Å². The van der Waals surface area contributed by atoms with E-state index in [-0.39, 0.29) is 5.41 Å². The number of likely N-dealkylation sites (N-methyl/N-ethyl adjacent to an activating group) is 1. The van der Waals surface area contributed by atoms with Crippen LogP contribution in [0.2, 0.25) is 0 Å². The molecule has 1 aliphatic carbocycles. The number of amides is 2. The third kappa shape index (κ3) is 2.21. The van der Waals surface area contributed by atoms with Crippen LogP contribution in [0.1, 0.15) is 24.8 Å². The Hall–Kier alpha value is -1.88. The molecule has 112 valence electrons. The van der Waals surface area contributed by atoms with E-state index >= 15 is 0 Å². The van der Waals surface area contributed by atoms with Gasteiger partial charge in [-0.3, -0.25) is 9.59 Å². The molecular formula is C16H21N3O2. The highest BCUT2D eigenvalue weighted by molar-refractivity contribution is 6.40. The van der Waals surface area contributed by atoms with Crippen molar-refractivity contribution in [3.05, 3.63) is 29.8 Å². The summed E-state index contributed by atoms with van der Waals surface area (Å²) in [5, 5.41) is 0. The van der Waals surface area contributed by atoms with Crippen molar-refractivity contribution in [1.82, 2.24) is 4.90 Å². The quantitative estimate of drug-likeness (QED) is 0.839. The van der Waals surface area contributed by atoms with Crippen LogP contribution in [0.4, 0.5) is 5.69 Å². The molecule has 3 rings (SSSR count). The van der Waals surface area contributed by atoms with Crippen LogP contribution in [0, 0.1) is 0 Å². The number of nitrogens with two attached hydrogens (primary N) is 1. The molecular weight excluding hydrogens is 266 g/mol. The van der Waals surface area contributed by atoms with E-state index in [2.05, 4.69) is 12.1 Å². The summed E-state index contributed by atoms with van der Waals surface area (Å²) in [6.07, 6.45) is 3.49. The first-order chi connectivity index (χ1) is 10.1. The number of piperazine rings is 1. The van der Waals surface area contributed by atoms with Crippen LogP contribution < -0.4 is 10.6 Å². The van der Waals surface area contributed by atoms with E-state index in [4.69, 9.17) is 5.73 Å². The molecule has 0 spiro atoms. The van der Waals surface area contributed by atoms with Gasteiger partial charge < -0.3 is 15.5 Å². The lowest BCUT2D eigenvalue weighted by Crippen LogP contribution is -2.53. The van der Waals surface area contributed by atoms with Crippen LogP contribution in [0.25, 0.3) is 0 Å². The van der Waals surface area contributed by atoms with Gasteiger partial charge in [-0.1, -0.05) is 18.6 Å². The zero-order valence-electron chi connectivity index (χ0n) is 12.3. The van der Waals surface area contributed by atoms with Crippen LogP contribution in [-0.2, 0) is 15.0 Å². The molecule has 5 nitrogen and oxygen atoms in total. The predicted molar refractivity (Wildman–Crippen MR) is 81.0 cm³/mol. The molecule has 5 heteroatoms. The lowest BCUT2D eigenvalue weighted by Gasteiger charge is -2.41. The number of nitrogens with zero attached hydrogens (tertiary/aromatic N) is 2. The summed E-state index contributed by atoms with van der Waals surface area (Å²) < 4.78 is 0. The normalized spacial score (nSPS) is 21.4. The molecule has 2 N–H and O–H groups in total. The summed E-state index contributed by atoms with van der Waals surface area (Å²) >= 11 is 0. The molecule has 0 bridgehead atoms. The minimum atomic E-state index is -0.450. The second-order valence-corrected chi connectivity index (χ2v) is 6.07. The molecule has 1 aromatic carbocycles. The molecule has 1 saturated carbocycles. The van der Waals surface area contributed by atoms with Gasteiger partial charge in [0.25, 0.3) is 0 Å². The summed E-state index contributed by atoms with van der Waals surface area (Å²) in [7, 11) is 1.66. The van der Waals surface area contributed by atoms with Gasteiger partial charge in [0.2, 0.25) is 0 Å². The summed E-state index contributed by atoms with van der Waals surface area (Å²) in [4.78, 5) is 26.8. The Bertz CT molecular complexity index is 558. The number of anilines is 1. The minimum Gasteiger partial charge on any atom is -0.336 e. The van der Waals surface area contributed by atoms with Crippen LogP contribution in [-0.4, -0.2) is 43.4 Å². The zero-order chi connectivity index (χ0) is 15.0. The van der Waals surface area contributed by atoms with Crippen molar-refractivity contribution in [2.45, 2.75) is 24.7 Å².